The van der Waals surface area contributed by atoms with Gasteiger partial charge in [0.05, 0.1) is 19.9 Å². The highest BCUT2D eigenvalue weighted by molar-refractivity contribution is 5.94. The van der Waals surface area contributed by atoms with Gasteiger partial charge in [-0.3, -0.25) is 9.59 Å². The van der Waals surface area contributed by atoms with Crippen LogP contribution in [0, 0.1) is 20.8 Å². The lowest BCUT2D eigenvalue weighted by Gasteiger charge is -2.10. The molecule has 0 aliphatic heterocycles. The number of carboxylic acids is 1. The van der Waals surface area contributed by atoms with Gasteiger partial charge in [0.15, 0.2) is 0 Å². The zero-order valence-corrected chi connectivity index (χ0v) is 12.3. The highest BCUT2D eigenvalue weighted by atomic mass is 16.4. The van der Waals surface area contributed by atoms with Crippen molar-refractivity contribution >= 4 is 27.9 Å². The Morgan fingerprint density at radius 1 is 1.18 bits per heavy atom. The van der Waals surface area contributed by atoms with Gasteiger partial charge in [-0.25, -0.2) is 0 Å². The quantitative estimate of drug-likeness (QED) is 0.735. The Hall–Kier alpha value is -2.62. The first kappa shape index (κ1) is 10.2. The van der Waals surface area contributed by atoms with Gasteiger partial charge in [-0.2, -0.15) is 0 Å². The minimum Gasteiger partial charge on any atom is -0.481 e. The molecule has 1 N–H and O–H groups in total. The number of rotatable bonds is 2. The third-order valence-electron chi connectivity index (χ3n) is 3.79. The molecule has 0 aliphatic rings. The van der Waals surface area contributed by atoms with Gasteiger partial charge in [0, 0.05) is 8.30 Å². The van der Waals surface area contributed by atoms with Gasteiger partial charge in [-0.15, -0.1) is 0 Å². The molecule has 0 saturated carbocycles. The van der Waals surface area contributed by atoms with Crippen molar-refractivity contribution in [3.05, 3.63) is 56.7 Å². The van der Waals surface area contributed by atoms with Gasteiger partial charge in [0.1, 0.15) is 11.2 Å². The summed E-state index contributed by atoms with van der Waals surface area (Å²) in [5, 5.41) is 9.24. The fourth-order valence-corrected chi connectivity index (χ4v) is 2.43. The second kappa shape index (κ2) is 4.98. The summed E-state index contributed by atoms with van der Waals surface area (Å²) in [5.41, 5.74) is 0.433. The van der Waals surface area contributed by atoms with Crippen molar-refractivity contribution in [3.8, 4) is 0 Å². The molecule has 3 rings (SSSR count). The summed E-state index contributed by atoms with van der Waals surface area (Å²) in [6.07, 6.45) is -2.88. The molecule has 0 fully saturated rings. The van der Waals surface area contributed by atoms with Gasteiger partial charge < -0.3 is 9.52 Å². The minimum absolute atomic E-state index is 0.0392. The normalized spacial score (nSPS) is 14.5. The maximum Gasteiger partial charge on any atom is 0.307 e. The van der Waals surface area contributed by atoms with Gasteiger partial charge >= 0.3 is 5.97 Å². The van der Waals surface area contributed by atoms with Crippen LogP contribution in [0.5, 0.6) is 0 Å². The fraction of sp³-hybridized carbons (Fsp3) is 0.222. The van der Waals surface area contributed by atoms with E-state index in [1.54, 1.807) is 19.1 Å². The molecule has 22 heavy (non-hydrogen) atoms. The van der Waals surface area contributed by atoms with Crippen LogP contribution in [0.15, 0.2) is 33.4 Å². The highest BCUT2D eigenvalue weighted by Crippen LogP contribution is 2.27. The number of fused-ring (bicyclic) bond motifs is 2. The molecular formula is C18H16O4. The van der Waals surface area contributed by atoms with Gasteiger partial charge in [0.2, 0.25) is 5.43 Å². The second-order valence-corrected chi connectivity index (χ2v) is 5.20. The van der Waals surface area contributed by atoms with Crippen LogP contribution >= 0.6 is 0 Å². The smallest absolute Gasteiger partial charge is 0.307 e. The first-order valence-corrected chi connectivity index (χ1v) is 6.70. The van der Waals surface area contributed by atoms with E-state index in [1.807, 2.05) is 6.92 Å². The number of aliphatic carboxylic acids is 1. The Morgan fingerprint density at radius 2 is 1.91 bits per heavy atom. The van der Waals surface area contributed by atoms with Gasteiger partial charge in [-0.05, 0) is 49.6 Å². The zero-order chi connectivity index (χ0) is 19.5. The number of carboxylic acid groups (broad SMARTS) is 1. The Labute approximate surface area is 132 Å². The SMILES string of the molecule is [2H]c1c(C)c(C([2H])([2H])C(=O)O)c2oc3c(C)c(C)ccc3c(=O)c2c1[2H]. The van der Waals surface area contributed by atoms with Crippen molar-refractivity contribution in [1.82, 2.24) is 0 Å². The monoisotopic (exact) mass is 300 g/mol. The van der Waals surface area contributed by atoms with E-state index in [4.69, 9.17) is 9.90 Å². The first-order valence-electron chi connectivity index (χ1n) is 8.70. The van der Waals surface area contributed by atoms with Crippen molar-refractivity contribution in [2.75, 3.05) is 0 Å². The van der Waals surface area contributed by atoms with Crippen molar-refractivity contribution in [2.45, 2.75) is 27.1 Å². The molecule has 3 aromatic rings. The van der Waals surface area contributed by atoms with Crippen molar-refractivity contribution in [2.24, 2.45) is 0 Å². The molecule has 1 aromatic heterocycles. The molecule has 0 aliphatic carbocycles. The average molecular weight is 300 g/mol. The minimum atomic E-state index is -2.88. The van der Waals surface area contributed by atoms with Crippen LogP contribution in [0.4, 0.5) is 0 Å². The number of aryl methyl sites for hydroxylation is 2. The highest BCUT2D eigenvalue weighted by Gasteiger charge is 2.16. The lowest BCUT2D eigenvalue weighted by molar-refractivity contribution is -0.136. The lowest BCUT2D eigenvalue weighted by Crippen LogP contribution is -2.08. The van der Waals surface area contributed by atoms with Crippen LogP contribution in [0.3, 0.4) is 0 Å². The third-order valence-corrected chi connectivity index (χ3v) is 3.79. The molecular weight excluding hydrogens is 280 g/mol. The number of hydrogen-bond donors (Lipinski definition) is 1. The van der Waals surface area contributed by atoms with E-state index < -0.39 is 35.4 Å². The van der Waals surface area contributed by atoms with Crippen LogP contribution in [0.2, 0.25) is 0 Å². The first-order chi connectivity index (χ1) is 12.0. The van der Waals surface area contributed by atoms with Crippen LogP contribution in [0.25, 0.3) is 21.9 Å². The molecule has 112 valence electrons. The van der Waals surface area contributed by atoms with E-state index in [2.05, 4.69) is 0 Å². The largest absolute Gasteiger partial charge is 0.481 e. The Bertz CT molecular complexity index is 1160. The van der Waals surface area contributed by atoms with Gasteiger partial charge in [0.25, 0.3) is 0 Å². The molecule has 0 radical (unpaired) electrons. The molecule has 0 bridgehead atoms. The number of carbonyl (C=O) groups is 1. The molecule has 4 heteroatoms. The molecule has 0 amide bonds. The molecule has 1 heterocycles. The maximum atomic E-state index is 13.0. The van der Waals surface area contributed by atoms with Crippen LogP contribution in [-0.4, -0.2) is 11.1 Å². The Morgan fingerprint density at radius 3 is 2.59 bits per heavy atom. The third kappa shape index (κ3) is 2.08. The predicted molar refractivity (Wildman–Crippen MR) is 85.5 cm³/mol. The Balaban J connectivity index is 2.71. The van der Waals surface area contributed by atoms with Crippen molar-refractivity contribution in [1.29, 1.82) is 0 Å². The molecule has 0 unspecified atom stereocenters. The Kier molecular flexibility index (Phi) is 2.30. The molecule has 0 spiro atoms. The maximum absolute atomic E-state index is 13.0. The van der Waals surface area contributed by atoms with E-state index in [1.165, 1.54) is 6.92 Å². The van der Waals surface area contributed by atoms with Crippen LogP contribution < -0.4 is 5.43 Å². The topological polar surface area (TPSA) is 67.5 Å². The standard InChI is InChI=1S/C18H16O4/c1-9-4-6-12-16(21)13-7-5-10(2)14(8-15(19)20)18(13)22-17(12)11(9)3/h4-7H,8H2,1-3H3,(H,19,20)/i5D,7D,8D2. The van der Waals surface area contributed by atoms with E-state index >= 15 is 0 Å². The molecule has 4 nitrogen and oxygen atoms in total. The lowest BCUT2D eigenvalue weighted by atomic mass is 9.99. The van der Waals surface area contributed by atoms with Gasteiger partial charge in [-0.1, -0.05) is 12.1 Å². The number of hydrogen-bond acceptors (Lipinski definition) is 3. The molecule has 0 saturated heterocycles. The summed E-state index contributed by atoms with van der Waals surface area (Å²) >= 11 is 0. The summed E-state index contributed by atoms with van der Waals surface area (Å²) in [7, 11) is 0. The predicted octanol–water partition coefficient (Wildman–Crippen LogP) is 3.50. The summed E-state index contributed by atoms with van der Waals surface area (Å²) in [4.78, 5) is 24.4. The van der Waals surface area contributed by atoms with Crippen molar-refractivity contribution in [3.63, 3.8) is 0 Å². The summed E-state index contributed by atoms with van der Waals surface area (Å²) < 4.78 is 37.9. The van der Waals surface area contributed by atoms with E-state index in [0.717, 1.165) is 5.56 Å². The van der Waals surface area contributed by atoms with E-state index in [9.17, 15) is 14.7 Å². The second-order valence-electron chi connectivity index (χ2n) is 5.20. The number of benzene rings is 2. The van der Waals surface area contributed by atoms with Crippen molar-refractivity contribution < 1.29 is 19.8 Å². The zero-order valence-electron chi connectivity index (χ0n) is 16.3. The van der Waals surface area contributed by atoms with Crippen LogP contribution in [0.1, 0.15) is 27.7 Å². The molecule has 0 atom stereocenters. The average Bonchev–Trinajstić information content (AvgIpc) is 2.56. The summed E-state index contributed by atoms with van der Waals surface area (Å²) in [6.45, 7) is 4.92. The fourth-order valence-electron chi connectivity index (χ4n) is 2.43. The summed E-state index contributed by atoms with van der Waals surface area (Å²) in [6, 6.07) is 2.48. The van der Waals surface area contributed by atoms with E-state index in [0.29, 0.717) is 5.56 Å². The van der Waals surface area contributed by atoms with E-state index in [-0.39, 0.29) is 27.5 Å². The summed E-state index contributed by atoms with van der Waals surface area (Å²) in [5.74, 6) is -1.76. The van der Waals surface area contributed by atoms with Crippen LogP contribution in [-0.2, 0) is 11.2 Å². The molecule has 2 aromatic carbocycles.